The van der Waals surface area contributed by atoms with Crippen LogP contribution in [-0.4, -0.2) is 6.43 Å². The third-order valence-electron chi connectivity index (χ3n) is 1.17. The quantitative estimate of drug-likeness (QED) is 0.540. The summed E-state index contributed by atoms with van der Waals surface area (Å²) in [7, 11) is 0. The van der Waals surface area contributed by atoms with Gasteiger partial charge in [0.25, 0.3) is 0 Å². The average Bonchev–Trinajstić information content (AvgIpc) is 1.67. The average molecular weight is 122 g/mol. The summed E-state index contributed by atoms with van der Waals surface area (Å²) >= 11 is 0. The summed E-state index contributed by atoms with van der Waals surface area (Å²) < 4.78 is 23.2. The lowest BCUT2D eigenvalue weighted by atomic mass is 10.1. The second-order valence-corrected chi connectivity index (χ2v) is 2.10. The molecule has 8 heavy (non-hydrogen) atoms. The van der Waals surface area contributed by atoms with E-state index in [0.29, 0.717) is 6.42 Å². The number of hydrogen-bond donors (Lipinski definition) is 0. The minimum atomic E-state index is -2.13. The standard InChI is InChI=1S/C6H12F2/c1-3-4-5(2)6(7)8/h5-6H,3-4H2,1-2H3. The molecular formula is C6H12F2. The van der Waals surface area contributed by atoms with Gasteiger partial charge in [-0.2, -0.15) is 0 Å². The monoisotopic (exact) mass is 122 g/mol. The molecule has 0 radical (unpaired) electrons. The maximum absolute atomic E-state index is 11.6. The van der Waals surface area contributed by atoms with Crippen LogP contribution >= 0.6 is 0 Å². The third-order valence-corrected chi connectivity index (χ3v) is 1.17. The van der Waals surface area contributed by atoms with Gasteiger partial charge in [-0.3, -0.25) is 0 Å². The first-order valence-electron chi connectivity index (χ1n) is 2.96. The van der Waals surface area contributed by atoms with E-state index >= 15 is 0 Å². The first-order chi connectivity index (χ1) is 3.68. The van der Waals surface area contributed by atoms with Crippen LogP contribution in [0.15, 0.2) is 0 Å². The third kappa shape index (κ3) is 2.94. The molecule has 0 aliphatic heterocycles. The van der Waals surface area contributed by atoms with Gasteiger partial charge in [-0.15, -0.1) is 0 Å². The Balaban J connectivity index is 3.17. The Morgan fingerprint density at radius 1 is 1.38 bits per heavy atom. The second kappa shape index (κ2) is 3.81. The smallest absolute Gasteiger partial charge is 0.210 e. The largest absolute Gasteiger partial charge is 0.241 e. The number of alkyl halides is 2. The van der Waals surface area contributed by atoms with Crippen LogP contribution in [0.2, 0.25) is 0 Å². The Morgan fingerprint density at radius 2 is 1.88 bits per heavy atom. The van der Waals surface area contributed by atoms with Gasteiger partial charge < -0.3 is 0 Å². The molecule has 0 heterocycles. The fourth-order valence-corrected chi connectivity index (χ4v) is 0.581. The van der Waals surface area contributed by atoms with Gasteiger partial charge in [0.15, 0.2) is 0 Å². The van der Waals surface area contributed by atoms with Crippen LogP contribution in [0.25, 0.3) is 0 Å². The van der Waals surface area contributed by atoms with E-state index in [1.54, 1.807) is 6.92 Å². The summed E-state index contributed by atoms with van der Waals surface area (Å²) in [6.07, 6.45) is -0.640. The van der Waals surface area contributed by atoms with Gasteiger partial charge in [0.05, 0.1) is 0 Å². The molecular weight excluding hydrogens is 110 g/mol. The zero-order valence-electron chi connectivity index (χ0n) is 5.32. The van der Waals surface area contributed by atoms with E-state index in [1.807, 2.05) is 6.92 Å². The summed E-state index contributed by atoms with van der Waals surface area (Å²) in [6.45, 7) is 3.49. The Labute approximate surface area is 48.9 Å². The molecule has 0 aliphatic rings. The Hall–Kier alpha value is -0.140. The zero-order chi connectivity index (χ0) is 6.57. The highest BCUT2D eigenvalue weighted by Crippen LogP contribution is 2.13. The van der Waals surface area contributed by atoms with Crippen molar-refractivity contribution in [3.05, 3.63) is 0 Å². The van der Waals surface area contributed by atoms with E-state index in [-0.39, 0.29) is 0 Å². The molecule has 50 valence electrons. The summed E-state index contributed by atoms with van der Waals surface area (Å²) in [6, 6.07) is 0. The minimum Gasteiger partial charge on any atom is -0.210 e. The summed E-state index contributed by atoms with van der Waals surface area (Å²) in [5.74, 6) is -0.417. The molecule has 1 unspecified atom stereocenters. The Kier molecular flexibility index (Phi) is 3.75. The van der Waals surface area contributed by atoms with Gasteiger partial charge in [-0.1, -0.05) is 20.3 Å². The molecule has 0 aromatic heterocycles. The molecule has 2 heteroatoms. The molecule has 0 spiro atoms. The van der Waals surface area contributed by atoms with Crippen LogP contribution in [0.3, 0.4) is 0 Å². The molecule has 0 amide bonds. The van der Waals surface area contributed by atoms with E-state index in [2.05, 4.69) is 0 Å². The first-order valence-corrected chi connectivity index (χ1v) is 2.96. The minimum absolute atomic E-state index is 0.417. The predicted octanol–water partition coefficient (Wildman–Crippen LogP) is 2.69. The summed E-state index contributed by atoms with van der Waals surface area (Å²) in [4.78, 5) is 0. The van der Waals surface area contributed by atoms with E-state index in [9.17, 15) is 8.78 Å². The van der Waals surface area contributed by atoms with Gasteiger partial charge in [0.2, 0.25) is 6.43 Å². The van der Waals surface area contributed by atoms with Gasteiger partial charge in [-0.25, -0.2) is 8.78 Å². The SMILES string of the molecule is CCCC(C)C(F)F. The van der Waals surface area contributed by atoms with Crippen molar-refractivity contribution in [2.24, 2.45) is 5.92 Å². The fraction of sp³-hybridized carbons (Fsp3) is 1.00. The molecule has 0 fully saturated rings. The molecule has 0 nitrogen and oxygen atoms in total. The van der Waals surface area contributed by atoms with Crippen LogP contribution in [0.5, 0.6) is 0 Å². The van der Waals surface area contributed by atoms with Crippen LogP contribution in [0.4, 0.5) is 8.78 Å². The summed E-state index contributed by atoms with van der Waals surface area (Å²) in [5.41, 5.74) is 0. The molecule has 1 atom stereocenters. The second-order valence-electron chi connectivity index (χ2n) is 2.10. The molecule has 0 aliphatic carbocycles. The fourth-order valence-electron chi connectivity index (χ4n) is 0.581. The normalized spacial score (nSPS) is 14.6. The van der Waals surface area contributed by atoms with Crippen LogP contribution in [-0.2, 0) is 0 Å². The van der Waals surface area contributed by atoms with Crippen molar-refractivity contribution in [1.29, 1.82) is 0 Å². The zero-order valence-corrected chi connectivity index (χ0v) is 5.32. The lowest BCUT2D eigenvalue weighted by molar-refractivity contribution is 0.0816. The lowest BCUT2D eigenvalue weighted by Gasteiger charge is -2.05. The van der Waals surface area contributed by atoms with Gasteiger partial charge in [0, 0.05) is 5.92 Å². The van der Waals surface area contributed by atoms with Crippen molar-refractivity contribution in [1.82, 2.24) is 0 Å². The lowest BCUT2D eigenvalue weighted by Crippen LogP contribution is -2.05. The van der Waals surface area contributed by atoms with Crippen molar-refractivity contribution in [2.75, 3.05) is 0 Å². The van der Waals surface area contributed by atoms with Crippen LogP contribution in [0.1, 0.15) is 26.7 Å². The summed E-state index contributed by atoms with van der Waals surface area (Å²) in [5, 5.41) is 0. The Morgan fingerprint density at radius 3 is 2.00 bits per heavy atom. The molecule has 0 saturated carbocycles. The predicted molar refractivity (Wildman–Crippen MR) is 30.1 cm³/mol. The van der Waals surface area contributed by atoms with E-state index in [4.69, 9.17) is 0 Å². The number of hydrogen-bond acceptors (Lipinski definition) is 0. The molecule has 0 saturated heterocycles. The van der Waals surface area contributed by atoms with Crippen molar-refractivity contribution in [2.45, 2.75) is 33.1 Å². The van der Waals surface area contributed by atoms with E-state index < -0.39 is 12.3 Å². The topological polar surface area (TPSA) is 0 Å². The highest BCUT2D eigenvalue weighted by atomic mass is 19.3. The first kappa shape index (κ1) is 7.86. The van der Waals surface area contributed by atoms with Crippen LogP contribution < -0.4 is 0 Å². The van der Waals surface area contributed by atoms with Crippen molar-refractivity contribution in [3.8, 4) is 0 Å². The van der Waals surface area contributed by atoms with Gasteiger partial charge in [-0.05, 0) is 6.42 Å². The van der Waals surface area contributed by atoms with Crippen LogP contribution in [0, 0.1) is 5.92 Å². The van der Waals surface area contributed by atoms with E-state index in [0.717, 1.165) is 6.42 Å². The van der Waals surface area contributed by atoms with Gasteiger partial charge >= 0.3 is 0 Å². The van der Waals surface area contributed by atoms with Gasteiger partial charge in [0.1, 0.15) is 0 Å². The highest BCUT2D eigenvalue weighted by Gasteiger charge is 2.11. The maximum Gasteiger partial charge on any atom is 0.241 e. The van der Waals surface area contributed by atoms with E-state index in [1.165, 1.54) is 0 Å². The molecule has 0 N–H and O–H groups in total. The molecule has 0 rings (SSSR count). The molecule has 0 bridgehead atoms. The molecule has 0 aromatic rings. The van der Waals surface area contributed by atoms with Crippen molar-refractivity contribution < 1.29 is 8.78 Å². The van der Waals surface area contributed by atoms with Crippen molar-refractivity contribution >= 4 is 0 Å². The maximum atomic E-state index is 11.6. The Bertz CT molecular complexity index is 52.5. The number of halogens is 2. The molecule has 0 aromatic carbocycles. The van der Waals surface area contributed by atoms with Crippen molar-refractivity contribution in [3.63, 3.8) is 0 Å². The number of rotatable bonds is 3. The highest BCUT2D eigenvalue weighted by molar-refractivity contribution is 4.51.